The zero-order valence-corrected chi connectivity index (χ0v) is 9.24. The van der Waals surface area contributed by atoms with Gasteiger partial charge in [0.05, 0.1) is 0 Å². The number of hydrogen-bond donors (Lipinski definition) is 1. The van der Waals surface area contributed by atoms with Gasteiger partial charge in [0.2, 0.25) is 0 Å². The molecule has 0 amide bonds. The average molecular weight is 224 g/mol. The lowest BCUT2D eigenvalue weighted by Crippen LogP contribution is -2.07. The summed E-state index contributed by atoms with van der Waals surface area (Å²) in [5, 5.41) is 3.97. The maximum Gasteiger partial charge on any atom is 0.134 e. The molecule has 0 aromatic carbocycles. The van der Waals surface area contributed by atoms with E-state index < -0.39 is 0 Å². The Kier molecular flexibility index (Phi) is 2.28. The fourth-order valence-electron chi connectivity index (χ4n) is 2.79. The van der Waals surface area contributed by atoms with Gasteiger partial charge in [-0.3, -0.25) is 0 Å². The van der Waals surface area contributed by atoms with Gasteiger partial charge in [-0.2, -0.15) is 0 Å². The summed E-state index contributed by atoms with van der Waals surface area (Å²) in [5.41, 5.74) is 0. The molecule has 0 spiro atoms. The van der Waals surface area contributed by atoms with Crippen molar-refractivity contribution in [2.24, 2.45) is 11.8 Å². The minimum atomic E-state index is 0.510. The summed E-state index contributed by atoms with van der Waals surface area (Å²) < 4.78 is 0. The molecule has 1 heterocycles. The fourth-order valence-corrected chi connectivity index (χ4v) is 2.94. The Morgan fingerprint density at radius 2 is 1.93 bits per heavy atom. The number of rotatable bonds is 2. The second-order valence-electron chi connectivity index (χ2n) is 4.51. The molecule has 0 saturated heterocycles. The summed E-state index contributed by atoms with van der Waals surface area (Å²) in [7, 11) is 0. The van der Waals surface area contributed by atoms with Crippen LogP contribution in [0.15, 0.2) is 12.4 Å². The Morgan fingerprint density at radius 1 is 1.20 bits per heavy atom. The van der Waals surface area contributed by atoms with Gasteiger partial charge in [-0.15, -0.1) is 0 Å². The van der Waals surface area contributed by atoms with Crippen molar-refractivity contribution in [1.29, 1.82) is 0 Å². The van der Waals surface area contributed by atoms with Crippen molar-refractivity contribution in [3.8, 4) is 0 Å². The van der Waals surface area contributed by atoms with Crippen molar-refractivity contribution in [2.45, 2.75) is 31.7 Å². The predicted molar refractivity (Wildman–Crippen MR) is 59.9 cm³/mol. The Morgan fingerprint density at radius 3 is 2.60 bits per heavy atom. The van der Waals surface area contributed by atoms with Crippen LogP contribution in [0.4, 0.5) is 5.82 Å². The fraction of sp³-hybridized carbons (Fsp3) is 0.636. The van der Waals surface area contributed by atoms with Crippen LogP contribution in [0, 0.1) is 11.8 Å². The molecular weight excluding hydrogens is 210 g/mol. The second-order valence-corrected chi connectivity index (χ2v) is 4.90. The van der Waals surface area contributed by atoms with E-state index in [-0.39, 0.29) is 0 Å². The third-order valence-electron chi connectivity index (χ3n) is 3.60. The highest BCUT2D eigenvalue weighted by Crippen LogP contribution is 2.50. The molecule has 3 rings (SSSR count). The third-order valence-corrected chi connectivity index (χ3v) is 3.81. The van der Waals surface area contributed by atoms with E-state index >= 15 is 0 Å². The molecule has 1 aromatic heterocycles. The van der Waals surface area contributed by atoms with E-state index in [0.29, 0.717) is 11.2 Å². The molecule has 1 aromatic rings. The van der Waals surface area contributed by atoms with Crippen LogP contribution in [0.1, 0.15) is 25.7 Å². The molecule has 2 saturated carbocycles. The van der Waals surface area contributed by atoms with Crippen molar-refractivity contribution in [3.05, 3.63) is 17.5 Å². The average Bonchev–Trinajstić information content (AvgIpc) is 2.93. The Balaban J connectivity index is 1.67. The van der Waals surface area contributed by atoms with E-state index in [1.165, 1.54) is 32.0 Å². The Labute approximate surface area is 94.3 Å². The van der Waals surface area contributed by atoms with Gasteiger partial charge >= 0.3 is 0 Å². The van der Waals surface area contributed by atoms with Gasteiger partial charge in [-0.1, -0.05) is 24.4 Å². The van der Waals surface area contributed by atoms with E-state index in [9.17, 15) is 0 Å². The summed E-state index contributed by atoms with van der Waals surface area (Å²) in [6.07, 6.45) is 7.05. The predicted octanol–water partition coefficient (Wildman–Crippen LogP) is 2.73. The van der Waals surface area contributed by atoms with Crippen LogP contribution in [0.3, 0.4) is 0 Å². The number of aromatic nitrogens is 2. The molecule has 2 aliphatic rings. The van der Waals surface area contributed by atoms with Crippen LogP contribution >= 0.6 is 11.6 Å². The highest BCUT2D eigenvalue weighted by molar-refractivity contribution is 6.29. The molecule has 2 atom stereocenters. The van der Waals surface area contributed by atoms with Crippen LogP contribution in [0.5, 0.6) is 0 Å². The highest BCUT2D eigenvalue weighted by atomic mass is 35.5. The lowest BCUT2D eigenvalue weighted by molar-refractivity contribution is 0.480. The van der Waals surface area contributed by atoms with Crippen molar-refractivity contribution in [1.82, 2.24) is 9.97 Å². The van der Waals surface area contributed by atoms with Crippen LogP contribution < -0.4 is 5.32 Å². The maximum absolute atomic E-state index is 5.81. The van der Waals surface area contributed by atoms with Gasteiger partial charge in [0, 0.05) is 12.1 Å². The van der Waals surface area contributed by atoms with Crippen LogP contribution in [-0.4, -0.2) is 16.0 Å². The Bertz CT molecular complexity index is 357. The quantitative estimate of drug-likeness (QED) is 0.784. The number of nitrogens with one attached hydrogen (secondary N) is 1. The normalized spacial score (nSPS) is 33.3. The van der Waals surface area contributed by atoms with E-state index in [2.05, 4.69) is 15.3 Å². The molecule has 0 bridgehead atoms. The number of anilines is 1. The maximum atomic E-state index is 5.81. The largest absolute Gasteiger partial charge is 0.367 e. The summed E-state index contributed by atoms with van der Waals surface area (Å²) >= 11 is 5.81. The number of halogens is 1. The van der Waals surface area contributed by atoms with E-state index in [1.54, 1.807) is 6.07 Å². The smallest absolute Gasteiger partial charge is 0.134 e. The first-order valence-electron chi connectivity index (χ1n) is 5.59. The summed E-state index contributed by atoms with van der Waals surface area (Å²) in [5.74, 6) is 2.63. The number of fused-ring (bicyclic) bond motifs is 1. The van der Waals surface area contributed by atoms with Crippen LogP contribution in [0.2, 0.25) is 5.15 Å². The van der Waals surface area contributed by atoms with Crippen molar-refractivity contribution < 1.29 is 0 Å². The zero-order chi connectivity index (χ0) is 10.3. The topological polar surface area (TPSA) is 37.8 Å². The van der Waals surface area contributed by atoms with Gasteiger partial charge in [0.25, 0.3) is 0 Å². The minimum absolute atomic E-state index is 0.510. The molecule has 3 nitrogen and oxygen atoms in total. The number of hydrogen-bond acceptors (Lipinski definition) is 3. The first-order valence-corrected chi connectivity index (χ1v) is 5.96. The monoisotopic (exact) mass is 223 g/mol. The van der Waals surface area contributed by atoms with E-state index in [4.69, 9.17) is 11.6 Å². The third kappa shape index (κ3) is 1.81. The first-order chi connectivity index (χ1) is 7.34. The van der Waals surface area contributed by atoms with Gasteiger partial charge in [0.15, 0.2) is 0 Å². The molecule has 4 heteroatoms. The molecule has 15 heavy (non-hydrogen) atoms. The standard InChI is InChI=1S/C11H14ClN3/c12-9-5-10(14-6-13-9)15-11-7-3-1-2-4-8(7)11/h5-8,11H,1-4H2,(H,13,14,15). The summed E-state index contributed by atoms with van der Waals surface area (Å²) in [6, 6.07) is 2.43. The second kappa shape index (κ2) is 3.63. The Hall–Kier alpha value is -0.830. The zero-order valence-electron chi connectivity index (χ0n) is 8.49. The molecule has 80 valence electrons. The van der Waals surface area contributed by atoms with Gasteiger partial charge < -0.3 is 5.32 Å². The van der Waals surface area contributed by atoms with Crippen molar-refractivity contribution >= 4 is 17.4 Å². The van der Waals surface area contributed by atoms with Gasteiger partial charge in [-0.25, -0.2) is 9.97 Å². The van der Waals surface area contributed by atoms with Gasteiger partial charge in [-0.05, 0) is 24.7 Å². The molecule has 0 aliphatic heterocycles. The molecular formula is C11H14ClN3. The van der Waals surface area contributed by atoms with Crippen LogP contribution in [0.25, 0.3) is 0 Å². The summed E-state index contributed by atoms with van der Waals surface area (Å²) in [4.78, 5) is 8.04. The molecule has 1 N–H and O–H groups in total. The van der Waals surface area contributed by atoms with Crippen molar-refractivity contribution in [3.63, 3.8) is 0 Å². The highest BCUT2D eigenvalue weighted by Gasteiger charge is 2.50. The van der Waals surface area contributed by atoms with E-state index in [1.807, 2.05) is 0 Å². The molecule has 0 radical (unpaired) electrons. The molecule has 2 aliphatic carbocycles. The van der Waals surface area contributed by atoms with E-state index in [0.717, 1.165) is 17.7 Å². The molecule has 2 fully saturated rings. The SMILES string of the molecule is Clc1cc(NC2C3CCCCC32)ncn1. The molecule has 2 unspecified atom stereocenters. The lowest BCUT2D eigenvalue weighted by Gasteiger charge is -2.04. The minimum Gasteiger partial charge on any atom is -0.367 e. The lowest BCUT2D eigenvalue weighted by atomic mass is 10.0. The first kappa shape index (κ1) is 9.40. The van der Waals surface area contributed by atoms with Gasteiger partial charge in [0.1, 0.15) is 17.3 Å². The van der Waals surface area contributed by atoms with Crippen LogP contribution in [-0.2, 0) is 0 Å². The summed E-state index contributed by atoms with van der Waals surface area (Å²) in [6.45, 7) is 0. The van der Waals surface area contributed by atoms with Crippen molar-refractivity contribution in [2.75, 3.05) is 5.32 Å². The number of nitrogens with zero attached hydrogens (tertiary/aromatic N) is 2.